The van der Waals surface area contributed by atoms with Gasteiger partial charge < -0.3 is 14.9 Å². The zero-order chi connectivity index (χ0) is 41.2. The molecule has 8 nitrogen and oxygen atoms in total. The lowest BCUT2D eigenvalue weighted by Crippen LogP contribution is -2.30. The minimum atomic E-state index is -0.410. The zero-order valence-electron chi connectivity index (χ0n) is 36.5. The fraction of sp³-hybridized carbons (Fsp3) is 0.653. The van der Waals surface area contributed by atoms with E-state index < -0.39 is 5.78 Å². The first-order valence-electron chi connectivity index (χ1n) is 23.4. The molecule has 1 N–H and O–H groups in total. The number of dihydropyridines is 1. The van der Waals surface area contributed by atoms with Crippen LogP contribution in [0.25, 0.3) is 5.57 Å². The number of aliphatic imine (C=N–C) groups is 1. The van der Waals surface area contributed by atoms with Gasteiger partial charge >= 0.3 is 0 Å². The van der Waals surface area contributed by atoms with Crippen LogP contribution in [0, 0.1) is 0 Å². The van der Waals surface area contributed by atoms with Crippen molar-refractivity contribution in [2.45, 2.75) is 188 Å². The number of aromatic nitrogens is 2. The fourth-order valence-electron chi connectivity index (χ4n) is 7.98. The summed E-state index contributed by atoms with van der Waals surface area (Å²) in [4.78, 5) is 36.0. The van der Waals surface area contributed by atoms with E-state index in [9.17, 15) is 14.7 Å². The van der Waals surface area contributed by atoms with Crippen molar-refractivity contribution in [2.75, 3.05) is 24.5 Å². The second-order valence-corrected chi connectivity index (χ2v) is 17.4. The molecule has 1 aliphatic heterocycles. The molecule has 320 valence electrons. The molecule has 2 aromatic rings. The van der Waals surface area contributed by atoms with E-state index in [0.717, 1.165) is 56.7 Å². The third-order valence-corrected chi connectivity index (χ3v) is 12.6. The summed E-state index contributed by atoms with van der Waals surface area (Å²) >= 11 is 1.30. The highest BCUT2D eigenvalue weighted by Crippen LogP contribution is 2.42. The van der Waals surface area contributed by atoms with Crippen molar-refractivity contribution < 1.29 is 14.7 Å². The number of unbranched alkanes of at least 4 members (excludes halogenated alkanes) is 23. The Bertz CT molecular complexity index is 1610. The van der Waals surface area contributed by atoms with Gasteiger partial charge in [-0.15, -0.1) is 10.2 Å². The lowest BCUT2D eigenvalue weighted by atomic mass is 9.85. The largest absolute Gasteiger partial charge is 0.506 e. The molecule has 4 rings (SSSR count). The molecule has 1 aliphatic carbocycles. The van der Waals surface area contributed by atoms with E-state index in [1.807, 2.05) is 18.2 Å². The van der Waals surface area contributed by atoms with E-state index in [-0.39, 0.29) is 28.4 Å². The van der Waals surface area contributed by atoms with Crippen molar-refractivity contribution in [3.8, 4) is 0 Å². The lowest BCUT2D eigenvalue weighted by Gasteiger charge is -2.28. The van der Waals surface area contributed by atoms with Gasteiger partial charge in [0.05, 0.1) is 17.5 Å². The van der Waals surface area contributed by atoms with Crippen LogP contribution in [0.15, 0.2) is 64.1 Å². The van der Waals surface area contributed by atoms with Crippen LogP contribution in [0.5, 0.6) is 0 Å². The number of benzene rings is 1. The molecule has 0 radical (unpaired) electrons. The number of hydrogen-bond acceptors (Lipinski definition) is 9. The molecule has 0 unspecified atom stereocenters. The fourth-order valence-corrected chi connectivity index (χ4v) is 8.92. The molecule has 9 heteroatoms. The van der Waals surface area contributed by atoms with Crippen molar-refractivity contribution in [3.05, 3.63) is 64.1 Å². The maximum absolute atomic E-state index is 13.6. The summed E-state index contributed by atoms with van der Waals surface area (Å²) in [7, 11) is 0. The number of ketones is 2. The van der Waals surface area contributed by atoms with Gasteiger partial charge in [0.2, 0.25) is 16.7 Å². The molecule has 0 saturated carbocycles. The highest BCUT2D eigenvalue weighted by molar-refractivity contribution is 7.16. The van der Waals surface area contributed by atoms with E-state index in [2.05, 4.69) is 57.9 Å². The molecule has 2 heterocycles. The van der Waals surface area contributed by atoms with Crippen LogP contribution in [-0.2, 0) is 9.59 Å². The summed E-state index contributed by atoms with van der Waals surface area (Å²) in [6.45, 7) is 9.30. The quantitative estimate of drug-likeness (QED) is 0.0566. The number of para-hydroxylation sites is 1. The summed E-state index contributed by atoms with van der Waals surface area (Å²) in [6.07, 6.45) is 36.2. The SMILES string of the molecule is CCCCCCCCCCCCCCCCN(c1ccccc1)c1nnc(C2=C(O)C(=C3N=CC(N(CCCCCCCC)CCCCCCCC)=CC3=O)C2=O)s1. The standard InChI is InChI=1S/C49H75N5O3S/c1-4-7-10-13-16-17-18-19-20-21-22-23-26-32-37-54(40-33-28-27-29-34-40)49-52-51-48(58-49)44-46(56)43(47(44)57)45-42(55)38-41(39-50-45)53(35-30-24-14-11-8-5-2)36-31-25-15-12-9-6-3/h27-29,33-34,38-39,56H,4-26,30-32,35-37H2,1-3H3. The van der Waals surface area contributed by atoms with Crippen molar-refractivity contribution in [3.63, 3.8) is 0 Å². The molecule has 0 bridgehead atoms. The molecule has 1 aromatic carbocycles. The van der Waals surface area contributed by atoms with Crippen molar-refractivity contribution in [1.82, 2.24) is 15.1 Å². The van der Waals surface area contributed by atoms with E-state index in [1.54, 1.807) is 12.3 Å². The molecule has 0 saturated heterocycles. The normalized spacial score (nSPS) is 15.3. The minimum absolute atomic E-state index is 0.00235. The minimum Gasteiger partial charge on any atom is -0.506 e. The Labute approximate surface area is 355 Å². The number of rotatable bonds is 33. The maximum Gasteiger partial charge on any atom is 0.213 e. The summed E-state index contributed by atoms with van der Waals surface area (Å²) in [5.41, 5.74) is 1.90. The number of aliphatic hydroxyl groups is 1. The van der Waals surface area contributed by atoms with Crippen LogP contribution in [0.3, 0.4) is 0 Å². The highest BCUT2D eigenvalue weighted by Gasteiger charge is 2.41. The third kappa shape index (κ3) is 15.5. The highest BCUT2D eigenvalue weighted by atomic mass is 32.1. The van der Waals surface area contributed by atoms with Gasteiger partial charge in [0.15, 0.2) is 5.01 Å². The summed E-state index contributed by atoms with van der Waals surface area (Å²) in [5.74, 6) is -0.977. The number of allylic oxidation sites excluding steroid dienone is 4. The molecule has 1 aromatic heterocycles. The predicted octanol–water partition coefficient (Wildman–Crippen LogP) is 13.8. The van der Waals surface area contributed by atoms with Gasteiger partial charge in [-0.05, 0) is 31.4 Å². The molecular formula is C49H75N5O3S. The second-order valence-electron chi connectivity index (χ2n) is 16.5. The first-order chi connectivity index (χ1) is 28.5. The van der Waals surface area contributed by atoms with Crippen molar-refractivity contribution in [2.24, 2.45) is 4.99 Å². The first kappa shape index (κ1) is 47.1. The van der Waals surface area contributed by atoms with Crippen molar-refractivity contribution >= 4 is 45.5 Å². The Morgan fingerprint density at radius 3 is 1.50 bits per heavy atom. The average molecular weight is 814 g/mol. The number of hydrogen-bond donors (Lipinski definition) is 1. The molecule has 2 aliphatic rings. The van der Waals surface area contributed by atoms with Gasteiger partial charge in [-0.2, -0.15) is 0 Å². The van der Waals surface area contributed by atoms with Crippen LogP contribution in [0.1, 0.15) is 193 Å². The van der Waals surface area contributed by atoms with Gasteiger partial charge in [0.25, 0.3) is 0 Å². The Kier molecular flexibility index (Phi) is 22.7. The van der Waals surface area contributed by atoms with Crippen LogP contribution in [-0.4, -0.2) is 57.6 Å². The van der Waals surface area contributed by atoms with Gasteiger partial charge in [-0.25, -0.2) is 4.99 Å². The van der Waals surface area contributed by atoms with Crippen LogP contribution in [0.2, 0.25) is 0 Å². The van der Waals surface area contributed by atoms with Gasteiger partial charge in [-0.3, -0.25) is 9.59 Å². The van der Waals surface area contributed by atoms with Crippen molar-refractivity contribution in [1.29, 1.82) is 0 Å². The summed E-state index contributed by atoms with van der Waals surface area (Å²) in [5, 5.41) is 21.1. The topological polar surface area (TPSA) is 99.0 Å². The Morgan fingerprint density at radius 2 is 1.03 bits per heavy atom. The van der Waals surface area contributed by atoms with Gasteiger partial charge in [0, 0.05) is 31.4 Å². The third-order valence-electron chi connectivity index (χ3n) is 11.6. The van der Waals surface area contributed by atoms with Crippen LogP contribution < -0.4 is 4.90 Å². The molecular weight excluding hydrogens is 739 g/mol. The first-order valence-corrected chi connectivity index (χ1v) is 24.3. The van der Waals surface area contributed by atoms with Gasteiger partial charge in [-0.1, -0.05) is 198 Å². The van der Waals surface area contributed by atoms with E-state index >= 15 is 0 Å². The molecule has 0 spiro atoms. The summed E-state index contributed by atoms with van der Waals surface area (Å²) in [6, 6.07) is 10.2. The van der Waals surface area contributed by atoms with E-state index in [1.165, 1.54) is 153 Å². The maximum atomic E-state index is 13.6. The lowest BCUT2D eigenvalue weighted by molar-refractivity contribution is -0.114. The molecule has 58 heavy (non-hydrogen) atoms. The number of nitrogens with zero attached hydrogens (tertiary/aromatic N) is 5. The summed E-state index contributed by atoms with van der Waals surface area (Å²) < 4.78 is 0. The number of Topliss-reactive ketones (excluding diaryl/α,β-unsaturated/α-hetero) is 1. The Hall–Kier alpha value is -3.59. The average Bonchev–Trinajstić information content (AvgIpc) is 3.70. The number of carbonyl (C=O) groups is 2. The Morgan fingerprint density at radius 1 is 0.569 bits per heavy atom. The number of aliphatic hydroxyl groups excluding tert-OH is 1. The smallest absolute Gasteiger partial charge is 0.213 e. The van der Waals surface area contributed by atoms with Crippen LogP contribution >= 0.6 is 11.3 Å². The number of carbonyl (C=O) groups excluding carboxylic acids is 2. The zero-order valence-corrected chi connectivity index (χ0v) is 37.3. The molecule has 0 amide bonds. The predicted molar refractivity (Wildman–Crippen MR) is 245 cm³/mol. The van der Waals surface area contributed by atoms with Gasteiger partial charge in [0.1, 0.15) is 17.0 Å². The monoisotopic (exact) mass is 814 g/mol. The van der Waals surface area contributed by atoms with Crippen LogP contribution in [0.4, 0.5) is 10.8 Å². The number of anilines is 2. The van der Waals surface area contributed by atoms with E-state index in [4.69, 9.17) is 0 Å². The Balaban J connectivity index is 1.33. The van der Waals surface area contributed by atoms with E-state index in [0.29, 0.717) is 10.1 Å². The molecule has 0 atom stereocenters. The second kappa shape index (κ2) is 28.0. The molecule has 0 fully saturated rings.